The van der Waals surface area contributed by atoms with Crippen LogP contribution in [0.4, 0.5) is 4.79 Å². The van der Waals surface area contributed by atoms with Gasteiger partial charge in [0.05, 0.1) is 7.11 Å². The molecule has 0 fully saturated rings. The molecule has 0 spiro atoms. The Labute approximate surface area is 362 Å². The molecule has 5 rings (SSSR count). The minimum absolute atomic E-state index is 0.00439. The van der Waals surface area contributed by atoms with Crippen molar-refractivity contribution in [1.82, 2.24) is 26.3 Å². The molecule has 4 N–H and O–H groups in total. The first-order valence-corrected chi connectivity index (χ1v) is 20.7. The molecule has 1 heterocycles. The lowest BCUT2D eigenvalue weighted by Gasteiger charge is -2.27. The Bertz CT molecular complexity index is 2140. The number of aromatic nitrogens is 1. The smallest absolute Gasteiger partial charge is 0.407 e. The molecular formula is C48H55N5O9. The van der Waals surface area contributed by atoms with Crippen LogP contribution in [0.15, 0.2) is 109 Å². The average Bonchev–Trinajstić information content (AvgIpc) is 3.58. The lowest BCUT2D eigenvalue weighted by Crippen LogP contribution is -2.56. The number of fused-ring (bicyclic) bond motifs is 3. The number of nitrogens with one attached hydrogen (secondary N) is 4. The van der Waals surface area contributed by atoms with Crippen LogP contribution in [-0.4, -0.2) is 84.7 Å². The second kappa shape index (κ2) is 22.7. The Morgan fingerprint density at radius 2 is 1.37 bits per heavy atom. The van der Waals surface area contributed by atoms with Crippen molar-refractivity contribution in [3.63, 3.8) is 0 Å². The van der Waals surface area contributed by atoms with Gasteiger partial charge in [-0.3, -0.25) is 24.2 Å². The van der Waals surface area contributed by atoms with Crippen molar-refractivity contribution in [3.05, 3.63) is 132 Å². The molecule has 14 heteroatoms. The first kappa shape index (κ1) is 46.2. The zero-order valence-electron chi connectivity index (χ0n) is 35.6. The molecule has 4 amide bonds. The number of hydrogen-bond donors (Lipinski definition) is 4. The van der Waals surface area contributed by atoms with Crippen LogP contribution in [-0.2, 0) is 44.6 Å². The fourth-order valence-electron chi connectivity index (χ4n) is 7.04. The third-order valence-corrected chi connectivity index (χ3v) is 10.1. The molecule has 0 bridgehead atoms. The number of esters is 2. The topological polar surface area (TPSA) is 191 Å². The van der Waals surface area contributed by atoms with Gasteiger partial charge < -0.3 is 35.5 Å². The van der Waals surface area contributed by atoms with Gasteiger partial charge in [0.15, 0.2) is 0 Å². The Hall–Kier alpha value is -6.83. The van der Waals surface area contributed by atoms with Crippen LogP contribution >= 0.6 is 0 Å². The number of unbranched alkanes of at least 4 members (excludes halogenated alkanes) is 1. The summed E-state index contributed by atoms with van der Waals surface area (Å²) in [6, 6.07) is 24.8. The summed E-state index contributed by atoms with van der Waals surface area (Å²) < 4.78 is 16.2. The van der Waals surface area contributed by atoms with E-state index in [9.17, 15) is 28.8 Å². The van der Waals surface area contributed by atoms with Crippen molar-refractivity contribution in [2.75, 3.05) is 20.3 Å². The monoisotopic (exact) mass is 845 g/mol. The number of alkyl carbamates (subject to hydrolysis) is 1. The largest absolute Gasteiger partial charge is 0.469 e. The number of carbonyl (C=O) groups is 6. The molecule has 14 nitrogen and oxygen atoms in total. The van der Waals surface area contributed by atoms with Gasteiger partial charge in [-0.15, -0.1) is 0 Å². The number of amides is 4. The van der Waals surface area contributed by atoms with E-state index >= 15 is 0 Å². The first-order chi connectivity index (χ1) is 29.8. The number of nitrogens with zero attached hydrogens (tertiary/aromatic N) is 1. The highest BCUT2D eigenvalue weighted by Gasteiger charge is 2.33. The van der Waals surface area contributed by atoms with Crippen molar-refractivity contribution in [2.45, 2.75) is 88.9 Å². The molecule has 62 heavy (non-hydrogen) atoms. The van der Waals surface area contributed by atoms with Crippen LogP contribution in [0.5, 0.6) is 0 Å². The van der Waals surface area contributed by atoms with Crippen LogP contribution in [0.2, 0.25) is 0 Å². The van der Waals surface area contributed by atoms with Gasteiger partial charge in [0.2, 0.25) is 17.7 Å². The summed E-state index contributed by atoms with van der Waals surface area (Å²) in [7, 11) is 1.21. The van der Waals surface area contributed by atoms with Gasteiger partial charge in [-0.2, -0.15) is 0 Å². The number of methoxy groups -OCH3 is 1. The second-order valence-electron chi connectivity index (χ2n) is 15.9. The van der Waals surface area contributed by atoms with E-state index in [1.165, 1.54) is 13.2 Å². The number of carbonyl (C=O) groups excluding carboxylic acids is 6. The predicted molar refractivity (Wildman–Crippen MR) is 233 cm³/mol. The SMILES string of the molecule is COC(=O)CC[C@H](NC(=O)[C@H](CCCCNC(=O)/C=C/c1cccnc1)NC(=O)OCC1c2ccccc2-c2ccccc21)C(=O)N[C@@H](Cc1ccccc1)C(=O)OC(C)(C)C. The van der Waals surface area contributed by atoms with Crippen LogP contribution < -0.4 is 21.3 Å². The Morgan fingerprint density at radius 3 is 2.00 bits per heavy atom. The standard InChI is InChI=1S/C48H55N5O9/c1-48(2,3)62-46(58)41(29-32-15-6-5-7-16-32)52-45(57)40(24-26-43(55)60-4)51-44(56)39(22-12-13-28-50-42(54)25-23-33-17-14-27-49-30-33)53-47(59)61-31-38-36-20-10-8-18-34(36)35-19-9-11-21-37(35)38/h5-11,14-21,23,25,27,30,38-41H,12-13,22,24,26,28-29,31H2,1-4H3,(H,50,54)(H,51,56)(H,52,57)(H,53,59)/b25-23+/t39-,40-,41-/m0/s1. The molecule has 0 radical (unpaired) electrons. The number of ether oxygens (including phenoxy) is 3. The second-order valence-corrected chi connectivity index (χ2v) is 15.9. The minimum Gasteiger partial charge on any atom is -0.469 e. The van der Waals surface area contributed by atoms with Crippen LogP contribution in [0.3, 0.4) is 0 Å². The predicted octanol–water partition coefficient (Wildman–Crippen LogP) is 5.80. The molecule has 3 atom stereocenters. The summed E-state index contributed by atoms with van der Waals surface area (Å²) in [5, 5.41) is 10.9. The highest BCUT2D eigenvalue weighted by Crippen LogP contribution is 2.44. The van der Waals surface area contributed by atoms with Gasteiger partial charge in [0, 0.05) is 43.8 Å². The molecule has 4 aromatic rings. The Morgan fingerprint density at radius 1 is 0.742 bits per heavy atom. The summed E-state index contributed by atoms with van der Waals surface area (Å²) in [4.78, 5) is 83.8. The summed E-state index contributed by atoms with van der Waals surface area (Å²) in [6.07, 6.45) is 6.10. The third kappa shape index (κ3) is 14.1. The van der Waals surface area contributed by atoms with E-state index in [4.69, 9.17) is 14.2 Å². The number of rotatable bonds is 20. The van der Waals surface area contributed by atoms with E-state index in [1.54, 1.807) is 57.4 Å². The fourth-order valence-corrected chi connectivity index (χ4v) is 7.04. The first-order valence-electron chi connectivity index (χ1n) is 20.7. The van der Waals surface area contributed by atoms with E-state index in [-0.39, 0.29) is 50.7 Å². The molecule has 0 saturated carbocycles. The van der Waals surface area contributed by atoms with E-state index < -0.39 is 53.6 Å². The lowest BCUT2D eigenvalue weighted by atomic mass is 9.98. The summed E-state index contributed by atoms with van der Waals surface area (Å²) in [6.45, 7) is 5.43. The zero-order chi connectivity index (χ0) is 44.5. The van der Waals surface area contributed by atoms with Crippen LogP contribution in [0.1, 0.15) is 81.0 Å². The van der Waals surface area contributed by atoms with E-state index in [0.29, 0.717) is 12.8 Å². The zero-order valence-corrected chi connectivity index (χ0v) is 35.6. The van der Waals surface area contributed by atoms with Gasteiger partial charge >= 0.3 is 18.0 Å². The van der Waals surface area contributed by atoms with Crippen LogP contribution in [0.25, 0.3) is 17.2 Å². The maximum absolute atomic E-state index is 14.1. The summed E-state index contributed by atoms with van der Waals surface area (Å²) >= 11 is 0. The molecule has 0 aliphatic heterocycles. The number of hydrogen-bond acceptors (Lipinski definition) is 10. The molecule has 1 aromatic heterocycles. The van der Waals surface area contributed by atoms with Crippen LogP contribution in [0, 0.1) is 0 Å². The molecule has 0 unspecified atom stereocenters. The van der Waals surface area contributed by atoms with Crippen molar-refractivity contribution in [2.24, 2.45) is 0 Å². The van der Waals surface area contributed by atoms with Gasteiger partial charge in [-0.05, 0) is 92.0 Å². The van der Waals surface area contributed by atoms with Crippen molar-refractivity contribution in [1.29, 1.82) is 0 Å². The molecule has 1 aliphatic carbocycles. The maximum Gasteiger partial charge on any atom is 0.407 e. The highest BCUT2D eigenvalue weighted by molar-refractivity contribution is 5.94. The average molecular weight is 846 g/mol. The molecule has 1 aliphatic rings. The maximum atomic E-state index is 14.1. The Kier molecular flexibility index (Phi) is 16.9. The summed E-state index contributed by atoms with van der Waals surface area (Å²) in [5.41, 5.74) is 4.82. The minimum atomic E-state index is -1.32. The third-order valence-electron chi connectivity index (χ3n) is 10.1. The number of benzene rings is 3. The molecule has 0 saturated heterocycles. The lowest BCUT2D eigenvalue weighted by molar-refractivity contribution is -0.158. The normalized spacial score (nSPS) is 13.4. The molecule has 326 valence electrons. The van der Waals surface area contributed by atoms with Crippen molar-refractivity contribution >= 4 is 41.8 Å². The van der Waals surface area contributed by atoms with E-state index in [2.05, 4.69) is 26.3 Å². The van der Waals surface area contributed by atoms with Gasteiger partial charge in [-0.25, -0.2) is 9.59 Å². The van der Waals surface area contributed by atoms with E-state index in [0.717, 1.165) is 33.4 Å². The fraction of sp³-hybridized carbons (Fsp3) is 0.354. The van der Waals surface area contributed by atoms with E-state index in [1.807, 2.05) is 72.8 Å². The molecular weight excluding hydrogens is 791 g/mol. The van der Waals surface area contributed by atoms with Gasteiger partial charge in [0.25, 0.3) is 0 Å². The number of pyridine rings is 1. The van der Waals surface area contributed by atoms with Gasteiger partial charge in [-0.1, -0.05) is 84.9 Å². The molecule has 3 aromatic carbocycles. The Balaban J connectivity index is 1.29. The summed E-state index contributed by atoms with van der Waals surface area (Å²) in [5.74, 6) is -3.29. The van der Waals surface area contributed by atoms with Crippen molar-refractivity contribution < 1.29 is 43.0 Å². The highest BCUT2D eigenvalue weighted by atomic mass is 16.6. The van der Waals surface area contributed by atoms with Crippen molar-refractivity contribution in [3.8, 4) is 11.1 Å². The quantitative estimate of drug-likeness (QED) is 0.0366. The van der Waals surface area contributed by atoms with Gasteiger partial charge in [0.1, 0.15) is 30.3 Å².